The van der Waals surface area contributed by atoms with E-state index in [9.17, 15) is 18.4 Å². The molecule has 3 heterocycles. The molecule has 2 atom stereocenters. The second-order valence-corrected chi connectivity index (χ2v) is 10.7. The topological polar surface area (TPSA) is 101 Å². The number of hydrogen-bond donors (Lipinski definition) is 4. The number of nitriles is 1. The van der Waals surface area contributed by atoms with Crippen LogP contribution in [-0.2, 0) is 0 Å². The number of fused-ring (bicyclic) bond motifs is 1. The van der Waals surface area contributed by atoms with Crippen LogP contribution in [0.1, 0.15) is 55.0 Å². The number of hydrazine groups is 2. The molecule has 1 saturated carbocycles. The third-order valence-electron chi connectivity index (χ3n) is 7.37. The summed E-state index contributed by atoms with van der Waals surface area (Å²) >= 11 is 6.72. The van der Waals surface area contributed by atoms with Crippen molar-refractivity contribution in [1.29, 1.82) is 5.26 Å². The molecule has 214 valence electrons. The molecule has 2 aliphatic rings. The van der Waals surface area contributed by atoms with Gasteiger partial charge in [0.25, 0.3) is 0 Å². The maximum Gasteiger partial charge on any atom is 0.248 e. The first-order chi connectivity index (χ1) is 20.3. The fourth-order valence-electron chi connectivity index (χ4n) is 5.01. The minimum Gasteiger partial charge on any atom is -0.377 e. The zero-order chi connectivity index (χ0) is 29.4. The highest BCUT2D eigenvalue weighted by atomic mass is 35.5. The van der Waals surface area contributed by atoms with E-state index in [-0.39, 0.29) is 11.4 Å². The number of aromatic nitrogens is 2. The Hall–Kier alpha value is -4.53. The Balaban J connectivity index is 1.40. The molecule has 1 fully saturated rings. The summed E-state index contributed by atoms with van der Waals surface area (Å²) in [5, 5.41) is 19.7. The molecule has 2 unspecified atom stereocenters. The summed E-state index contributed by atoms with van der Waals surface area (Å²) < 4.78 is 41.3. The summed E-state index contributed by atoms with van der Waals surface area (Å²) in [7, 11) is 0. The molecule has 0 bridgehead atoms. The average Bonchev–Trinajstić information content (AvgIpc) is 3.73. The predicted molar refractivity (Wildman–Crippen MR) is 154 cm³/mol. The van der Waals surface area contributed by atoms with Crippen LogP contribution in [0.15, 0.2) is 66.8 Å². The lowest BCUT2D eigenvalue weighted by molar-refractivity contribution is 0.260. The summed E-state index contributed by atoms with van der Waals surface area (Å²) in [4.78, 5) is 7.93. The molecule has 0 amide bonds. The van der Waals surface area contributed by atoms with Crippen LogP contribution >= 0.6 is 11.6 Å². The number of pyridine rings is 2. The van der Waals surface area contributed by atoms with Gasteiger partial charge in [0, 0.05) is 35.7 Å². The van der Waals surface area contributed by atoms with Crippen molar-refractivity contribution >= 4 is 33.9 Å². The molecule has 2 aromatic carbocycles. The highest BCUT2D eigenvalue weighted by molar-refractivity contribution is 6.35. The van der Waals surface area contributed by atoms with Crippen LogP contribution in [0.25, 0.3) is 10.9 Å². The van der Waals surface area contributed by atoms with Crippen molar-refractivity contribution in [3.8, 4) is 6.07 Å². The van der Waals surface area contributed by atoms with Gasteiger partial charge in [-0.15, -0.1) is 5.53 Å². The Kier molecular flexibility index (Phi) is 7.49. The van der Waals surface area contributed by atoms with Gasteiger partial charge in [-0.1, -0.05) is 30.7 Å². The van der Waals surface area contributed by atoms with Gasteiger partial charge in [-0.3, -0.25) is 9.99 Å². The van der Waals surface area contributed by atoms with Crippen molar-refractivity contribution in [2.75, 3.05) is 10.6 Å². The SMILES string of the molecule is CCC(Nc1c(C#N)cnc2c(Cl)cc(NC(C3=CN(C4CC4)NN3)c3ccc(F)cc3)cc12)c1cnc(F)c(F)c1. The van der Waals surface area contributed by atoms with Gasteiger partial charge in [0.05, 0.1) is 39.6 Å². The van der Waals surface area contributed by atoms with Crippen LogP contribution in [0.3, 0.4) is 0 Å². The molecule has 1 aliphatic heterocycles. The lowest BCUT2D eigenvalue weighted by Gasteiger charge is -2.23. The number of rotatable bonds is 9. The van der Waals surface area contributed by atoms with Gasteiger partial charge >= 0.3 is 0 Å². The molecular formula is C30H26ClF3N8. The Labute approximate surface area is 245 Å². The van der Waals surface area contributed by atoms with Crippen LogP contribution in [0.2, 0.25) is 5.02 Å². The standard InChI is InChI=1S/C30H26ClF3N8/c1-2-25(17-9-24(33)30(34)37-13-17)39-27-18(12-35)14-36-29-22(27)10-20(11-23(29)31)38-28(16-3-5-19(32)6-4-16)26-15-42(41-40-26)21-7-8-21/h3-6,9-11,13-15,21,25,28,38,40-41H,2,7-8H2,1H3,(H,36,39). The van der Waals surface area contributed by atoms with Crippen LogP contribution < -0.4 is 21.6 Å². The van der Waals surface area contributed by atoms with E-state index in [0.29, 0.717) is 45.3 Å². The number of anilines is 2. The Bertz CT molecular complexity index is 1720. The van der Waals surface area contributed by atoms with E-state index in [2.05, 4.69) is 37.6 Å². The predicted octanol–water partition coefficient (Wildman–Crippen LogP) is 6.62. The van der Waals surface area contributed by atoms with Crippen molar-refractivity contribution in [1.82, 2.24) is 25.9 Å². The summed E-state index contributed by atoms with van der Waals surface area (Å²) in [6.45, 7) is 1.88. The van der Waals surface area contributed by atoms with Gasteiger partial charge in [0.15, 0.2) is 5.82 Å². The minimum absolute atomic E-state index is 0.254. The number of nitrogens with zero attached hydrogens (tertiary/aromatic N) is 4. The maximum atomic E-state index is 14.0. The minimum atomic E-state index is -1.18. The first-order valence-corrected chi connectivity index (χ1v) is 13.9. The number of hydrogen-bond acceptors (Lipinski definition) is 8. The van der Waals surface area contributed by atoms with E-state index in [4.69, 9.17) is 11.6 Å². The molecule has 42 heavy (non-hydrogen) atoms. The van der Waals surface area contributed by atoms with E-state index in [1.165, 1.54) is 24.5 Å². The smallest absolute Gasteiger partial charge is 0.248 e. The Morgan fingerprint density at radius 3 is 2.55 bits per heavy atom. The highest BCUT2D eigenvalue weighted by Gasteiger charge is 2.32. The second-order valence-electron chi connectivity index (χ2n) is 10.2. The van der Waals surface area contributed by atoms with Gasteiger partial charge in [-0.05, 0) is 60.7 Å². The van der Waals surface area contributed by atoms with Gasteiger partial charge in [0.1, 0.15) is 11.9 Å². The molecule has 12 heteroatoms. The van der Waals surface area contributed by atoms with E-state index < -0.39 is 23.8 Å². The van der Waals surface area contributed by atoms with Crippen LogP contribution in [0, 0.1) is 28.9 Å². The molecule has 8 nitrogen and oxygen atoms in total. The van der Waals surface area contributed by atoms with Crippen molar-refractivity contribution in [2.24, 2.45) is 0 Å². The van der Waals surface area contributed by atoms with E-state index >= 15 is 0 Å². The van der Waals surface area contributed by atoms with Crippen LogP contribution in [0.5, 0.6) is 0 Å². The first-order valence-electron chi connectivity index (χ1n) is 13.5. The van der Waals surface area contributed by atoms with E-state index in [1.807, 2.05) is 24.2 Å². The third-order valence-corrected chi connectivity index (χ3v) is 7.65. The highest BCUT2D eigenvalue weighted by Crippen LogP contribution is 2.38. The number of halogens is 4. The largest absolute Gasteiger partial charge is 0.377 e. The summed E-state index contributed by atoms with van der Waals surface area (Å²) in [6.07, 6.45) is 7.36. The van der Waals surface area contributed by atoms with Crippen molar-refractivity contribution in [2.45, 2.75) is 44.3 Å². The zero-order valence-electron chi connectivity index (χ0n) is 22.4. The molecule has 1 aliphatic carbocycles. The monoisotopic (exact) mass is 590 g/mol. The number of nitrogens with one attached hydrogen (secondary N) is 4. The molecule has 6 rings (SSSR count). The quantitative estimate of drug-likeness (QED) is 0.161. The second kappa shape index (κ2) is 11.4. The van der Waals surface area contributed by atoms with E-state index in [1.54, 1.807) is 18.2 Å². The zero-order valence-corrected chi connectivity index (χ0v) is 23.2. The Morgan fingerprint density at radius 2 is 1.86 bits per heavy atom. The van der Waals surface area contributed by atoms with Crippen molar-refractivity contribution < 1.29 is 13.2 Å². The summed E-state index contributed by atoms with van der Waals surface area (Å²) in [6, 6.07) is 12.6. The van der Waals surface area contributed by atoms with Gasteiger partial charge < -0.3 is 16.1 Å². The normalized spacial score (nSPS) is 16.0. The van der Waals surface area contributed by atoms with Crippen LogP contribution in [0.4, 0.5) is 24.5 Å². The molecule has 4 aromatic rings. The summed E-state index contributed by atoms with van der Waals surface area (Å²) in [5.41, 5.74) is 10.2. The van der Waals surface area contributed by atoms with E-state index in [0.717, 1.165) is 30.2 Å². The lowest BCUT2D eigenvalue weighted by atomic mass is 10.0. The first kappa shape index (κ1) is 27.6. The molecule has 0 radical (unpaired) electrons. The maximum absolute atomic E-state index is 14.0. The van der Waals surface area contributed by atoms with Gasteiger partial charge in [-0.25, -0.2) is 13.8 Å². The Morgan fingerprint density at radius 1 is 1.07 bits per heavy atom. The van der Waals surface area contributed by atoms with Crippen LogP contribution in [-0.4, -0.2) is 21.0 Å². The van der Waals surface area contributed by atoms with Crippen molar-refractivity contribution in [3.05, 3.63) is 106 Å². The fourth-order valence-corrected chi connectivity index (χ4v) is 5.28. The summed E-state index contributed by atoms with van der Waals surface area (Å²) in [5.74, 6) is -2.58. The average molecular weight is 591 g/mol. The molecule has 0 saturated heterocycles. The number of benzene rings is 2. The van der Waals surface area contributed by atoms with Crippen molar-refractivity contribution in [3.63, 3.8) is 0 Å². The molecule has 2 aromatic heterocycles. The third kappa shape index (κ3) is 5.51. The fraction of sp³-hybridized carbons (Fsp3) is 0.233. The molecular weight excluding hydrogens is 565 g/mol. The molecule has 4 N–H and O–H groups in total. The van der Waals surface area contributed by atoms with Gasteiger partial charge in [-0.2, -0.15) is 9.65 Å². The lowest BCUT2D eigenvalue weighted by Crippen LogP contribution is -2.38. The molecule has 0 spiro atoms. The van der Waals surface area contributed by atoms with Gasteiger partial charge in [0.2, 0.25) is 5.95 Å².